The summed E-state index contributed by atoms with van der Waals surface area (Å²) in [6.07, 6.45) is 5.45. The molecule has 0 saturated carbocycles. The van der Waals surface area contributed by atoms with Crippen LogP contribution in [0.5, 0.6) is 11.5 Å². The fraction of sp³-hybridized carbons (Fsp3) is 0.300. The Morgan fingerprint density at radius 1 is 0.891 bits per heavy atom. The maximum Gasteiger partial charge on any atom is 2.00 e. The molecule has 0 spiro atoms. The summed E-state index contributed by atoms with van der Waals surface area (Å²) in [7, 11) is 0. The Morgan fingerprint density at radius 2 is 1.67 bits per heavy atom. The summed E-state index contributed by atoms with van der Waals surface area (Å²) < 4.78 is 10.7. The number of pyridine rings is 1. The van der Waals surface area contributed by atoms with Gasteiger partial charge in [0.15, 0.2) is 0 Å². The number of ether oxygens (including phenoxy) is 1. The van der Waals surface area contributed by atoms with Gasteiger partial charge in [-0.2, -0.15) is 17.2 Å². The average molecular weight is 788 g/mol. The van der Waals surface area contributed by atoms with Crippen molar-refractivity contribution in [1.29, 1.82) is 0 Å². The Balaban J connectivity index is 0.00000372. The van der Waals surface area contributed by atoms with Gasteiger partial charge < -0.3 is 9.30 Å². The van der Waals surface area contributed by atoms with Crippen molar-refractivity contribution in [1.82, 2.24) is 19.3 Å². The number of benzene rings is 3. The predicted molar refractivity (Wildman–Crippen MR) is 183 cm³/mol. The summed E-state index contributed by atoms with van der Waals surface area (Å²) in [6.45, 7) is 15.7. The van der Waals surface area contributed by atoms with Crippen LogP contribution in [0.25, 0.3) is 33.3 Å². The molecule has 3 heterocycles. The van der Waals surface area contributed by atoms with Crippen LogP contribution in [0.4, 0.5) is 0 Å². The Kier molecular flexibility index (Phi) is 8.82. The van der Waals surface area contributed by atoms with Crippen molar-refractivity contribution in [3.63, 3.8) is 0 Å². The van der Waals surface area contributed by atoms with Crippen LogP contribution >= 0.6 is 0 Å². The topological polar surface area (TPSA) is 44.9 Å². The predicted octanol–water partition coefficient (Wildman–Crippen LogP) is 10.2. The van der Waals surface area contributed by atoms with Crippen LogP contribution < -0.4 is 4.74 Å². The van der Waals surface area contributed by atoms with Gasteiger partial charge in [-0.15, -0.1) is 35.7 Å². The van der Waals surface area contributed by atoms with E-state index in [9.17, 15) is 0 Å². The van der Waals surface area contributed by atoms with Gasteiger partial charge in [0.05, 0.1) is 5.69 Å². The summed E-state index contributed by atoms with van der Waals surface area (Å²) in [5, 5.41) is 7.28. The van der Waals surface area contributed by atoms with Crippen molar-refractivity contribution < 1.29 is 25.8 Å². The molecule has 3 atom stereocenters. The largest absolute Gasteiger partial charge is 2.00 e. The standard InChI is InChI=1S/C40H40N4O.Pt/c1-24(2)30-19-20-41-38(21-30)43-36-14-9-8-13-34(36)35-18-17-33(23-37(35)43)45-32-12-10-11-31(22-32)44-29(7)40(28(6)42-44)39-26(4)16-15-25(3)27(39)5;/h8-14,16-21,24-25,27,39H,15H2,1-7H3;/q-2;+2/t25-,27-,39?;/m0./s1. The van der Waals surface area contributed by atoms with Gasteiger partial charge >= 0.3 is 21.1 Å². The molecule has 6 aromatic rings. The van der Waals surface area contributed by atoms with Gasteiger partial charge in [-0.25, -0.2) is 4.98 Å². The molecule has 0 bridgehead atoms. The van der Waals surface area contributed by atoms with Crippen molar-refractivity contribution >= 4 is 21.8 Å². The molecule has 0 amide bonds. The van der Waals surface area contributed by atoms with Crippen molar-refractivity contribution in [2.75, 3.05) is 0 Å². The fourth-order valence-corrected chi connectivity index (χ4v) is 7.11. The summed E-state index contributed by atoms with van der Waals surface area (Å²) >= 11 is 0. The van der Waals surface area contributed by atoms with Crippen molar-refractivity contribution in [2.45, 2.75) is 66.7 Å². The number of fused-ring (bicyclic) bond motifs is 3. The van der Waals surface area contributed by atoms with Gasteiger partial charge in [0.1, 0.15) is 5.82 Å². The Labute approximate surface area is 286 Å². The minimum absolute atomic E-state index is 0. The third-order valence-corrected chi connectivity index (χ3v) is 9.81. The molecule has 46 heavy (non-hydrogen) atoms. The molecule has 0 aliphatic heterocycles. The number of aromatic nitrogens is 4. The van der Waals surface area contributed by atoms with Crippen LogP contribution in [-0.2, 0) is 21.1 Å². The van der Waals surface area contributed by atoms with Crippen LogP contribution in [0.2, 0.25) is 0 Å². The first-order chi connectivity index (χ1) is 21.7. The second kappa shape index (κ2) is 12.7. The first kappa shape index (κ1) is 32.0. The molecule has 1 unspecified atom stereocenters. The molecule has 3 aromatic carbocycles. The first-order valence-corrected chi connectivity index (χ1v) is 16.1. The Morgan fingerprint density at radius 3 is 2.48 bits per heavy atom. The second-order valence-corrected chi connectivity index (χ2v) is 13.0. The van der Waals surface area contributed by atoms with E-state index in [1.54, 1.807) is 0 Å². The van der Waals surface area contributed by atoms with Crippen LogP contribution in [0.1, 0.15) is 75.4 Å². The molecule has 3 aromatic heterocycles. The van der Waals surface area contributed by atoms with Gasteiger partial charge in [-0.3, -0.25) is 4.68 Å². The second-order valence-electron chi connectivity index (χ2n) is 13.0. The molecular weight excluding hydrogens is 748 g/mol. The zero-order chi connectivity index (χ0) is 31.4. The van der Waals surface area contributed by atoms with Crippen molar-refractivity contribution in [3.8, 4) is 23.0 Å². The zero-order valence-electron chi connectivity index (χ0n) is 27.5. The van der Waals surface area contributed by atoms with E-state index in [4.69, 9.17) is 14.8 Å². The summed E-state index contributed by atoms with van der Waals surface area (Å²) in [5.41, 5.74) is 9.15. The molecule has 236 valence electrons. The van der Waals surface area contributed by atoms with Crippen molar-refractivity contribution in [3.05, 3.63) is 119 Å². The minimum Gasteiger partial charge on any atom is -0.509 e. The van der Waals surface area contributed by atoms with E-state index in [0.29, 0.717) is 35.2 Å². The number of para-hydroxylation sites is 1. The van der Waals surface area contributed by atoms with Gasteiger partial charge in [0.2, 0.25) is 0 Å². The summed E-state index contributed by atoms with van der Waals surface area (Å²) in [6, 6.07) is 29.8. The molecule has 1 aliphatic carbocycles. The normalized spacial score (nSPS) is 18.2. The molecule has 0 N–H and O–H groups in total. The fourth-order valence-electron chi connectivity index (χ4n) is 7.11. The molecule has 0 radical (unpaired) electrons. The molecule has 5 nitrogen and oxygen atoms in total. The smallest absolute Gasteiger partial charge is 0.509 e. The molecular formula is C40H40N4OPt. The number of hydrogen-bond donors (Lipinski definition) is 0. The molecule has 0 saturated heterocycles. The van der Waals surface area contributed by atoms with E-state index >= 15 is 0 Å². The van der Waals surface area contributed by atoms with Crippen LogP contribution in [0.3, 0.4) is 0 Å². The molecule has 1 aliphatic rings. The van der Waals surface area contributed by atoms with Gasteiger partial charge in [0.25, 0.3) is 0 Å². The van der Waals surface area contributed by atoms with Crippen molar-refractivity contribution in [2.24, 2.45) is 11.8 Å². The van der Waals surface area contributed by atoms with Crippen LogP contribution in [0, 0.1) is 37.8 Å². The number of aryl methyl sites for hydroxylation is 1. The Bertz CT molecular complexity index is 2080. The van der Waals surface area contributed by atoms with E-state index in [-0.39, 0.29) is 21.1 Å². The van der Waals surface area contributed by atoms with Gasteiger partial charge in [0, 0.05) is 40.4 Å². The monoisotopic (exact) mass is 787 g/mol. The van der Waals surface area contributed by atoms with E-state index < -0.39 is 0 Å². The maximum absolute atomic E-state index is 6.44. The zero-order valence-corrected chi connectivity index (χ0v) is 29.8. The molecule has 7 rings (SSSR count). The quantitative estimate of drug-likeness (QED) is 0.125. The molecule has 0 fully saturated rings. The van der Waals surface area contributed by atoms with Crippen LogP contribution in [0.15, 0.2) is 84.6 Å². The van der Waals surface area contributed by atoms with E-state index in [0.717, 1.165) is 51.1 Å². The summed E-state index contributed by atoms with van der Waals surface area (Å²) in [5.74, 6) is 4.11. The first-order valence-electron chi connectivity index (χ1n) is 16.1. The van der Waals surface area contributed by atoms with Gasteiger partial charge in [-0.1, -0.05) is 63.1 Å². The third kappa shape index (κ3) is 5.53. The van der Waals surface area contributed by atoms with E-state index in [1.807, 2.05) is 35.1 Å². The van der Waals surface area contributed by atoms with E-state index in [1.165, 1.54) is 16.7 Å². The minimum atomic E-state index is 0. The third-order valence-electron chi connectivity index (χ3n) is 9.81. The number of hydrogen-bond acceptors (Lipinski definition) is 3. The Hall–Kier alpha value is -3.95. The number of allylic oxidation sites excluding steroid dienone is 2. The maximum atomic E-state index is 6.44. The molecule has 6 heteroatoms. The van der Waals surface area contributed by atoms with E-state index in [2.05, 4.69) is 114 Å². The van der Waals surface area contributed by atoms with Gasteiger partial charge in [-0.05, 0) is 79.8 Å². The summed E-state index contributed by atoms with van der Waals surface area (Å²) in [4.78, 5) is 4.77. The van der Waals surface area contributed by atoms with Crippen LogP contribution in [-0.4, -0.2) is 19.3 Å². The number of rotatable bonds is 6. The SMILES string of the molecule is CC1=CC[C@H](C)[C@H](C)C1c1c(C)nn(-c2[c-]c(Oc3[c-]c4c(cc3)c3ccccc3n4-c3cc(C(C)C)ccn3)ccc2)c1C.[Pt+2]. The number of nitrogens with zero attached hydrogens (tertiary/aromatic N) is 4. The average Bonchev–Trinajstić information content (AvgIpc) is 3.52.